The van der Waals surface area contributed by atoms with Gasteiger partial charge in [-0.2, -0.15) is 0 Å². The van der Waals surface area contributed by atoms with E-state index in [9.17, 15) is 9.59 Å². The lowest BCUT2D eigenvalue weighted by Crippen LogP contribution is -2.37. The van der Waals surface area contributed by atoms with Crippen LogP contribution in [0.5, 0.6) is 0 Å². The number of hydrogen-bond donors (Lipinski definition) is 1. The zero-order chi connectivity index (χ0) is 19.5. The zero-order valence-corrected chi connectivity index (χ0v) is 15.7. The van der Waals surface area contributed by atoms with Crippen LogP contribution in [0.3, 0.4) is 0 Å². The summed E-state index contributed by atoms with van der Waals surface area (Å²) in [4.78, 5) is 28.8. The Balaban J connectivity index is 1.44. The molecule has 0 aliphatic carbocycles. The minimum atomic E-state index is -0.316. The van der Waals surface area contributed by atoms with E-state index in [0.717, 1.165) is 11.1 Å². The number of anilines is 1. The van der Waals surface area contributed by atoms with Gasteiger partial charge in [0.1, 0.15) is 5.82 Å². The molecular weight excluding hydrogens is 378 g/mol. The number of aromatic nitrogens is 2. The van der Waals surface area contributed by atoms with E-state index in [1.807, 2.05) is 30.3 Å². The molecule has 28 heavy (non-hydrogen) atoms. The lowest BCUT2D eigenvalue weighted by Gasteiger charge is -2.28. The summed E-state index contributed by atoms with van der Waals surface area (Å²) >= 11 is 6.01. The molecule has 1 aromatic carbocycles. The van der Waals surface area contributed by atoms with Crippen molar-refractivity contribution in [3.8, 4) is 0 Å². The third kappa shape index (κ3) is 4.13. The van der Waals surface area contributed by atoms with Crippen LogP contribution in [-0.4, -0.2) is 28.7 Å². The Morgan fingerprint density at radius 1 is 1.18 bits per heavy atom. The Kier molecular flexibility index (Phi) is 5.23. The highest BCUT2D eigenvalue weighted by atomic mass is 35.5. The molecule has 7 heteroatoms. The topological polar surface area (TPSA) is 73.2 Å². The SMILES string of the molecule is O=C(Nc1ccc(Cc2cccc(Cl)c2)cn1)c1ccc(=O)n(C2COC2)c1. The van der Waals surface area contributed by atoms with Gasteiger partial charge in [0.25, 0.3) is 11.5 Å². The first-order chi connectivity index (χ1) is 13.6. The first-order valence-corrected chi connectivity index (χ1v) is 9.27. The molecule has 0 saturated carbocycles. The molecular formula is C21H18ClN3O3. The monoisotopic (exact) mass is 395 g/mol. The molecule has 1 aliphatic rings. The van der Waals surface area contributed by atoms with Gasteiger partial charge in [-0.25, -0.2) is 4.98 Å². The summed E-state index contributed by atoms with van der Waals surface area (Å²) < 4.78 is 6.66. The Morgan fingerprint density at radius 2 is 2.04 bits per heavy atom. The summed E-state index contributed by atoms with van der Waals surface area (Å²) in [5, 5.41) is 3.46. The molecule has 0 radical (unpaired) electrons. The van der Waals surface area contributed by atoms with Crippen LogP contribution in [0.15, 0.2) is 65.7 Å². The average Bonchev–Trinajstić information content (AvgIpc) is 2.64. The van der Waals surface area contributed by atoms with E-state index >= 15 is 0 Å². The Hall–Kier alpha value is -2.96. The van der Waals surface area contributed by atoms with Gasteiger partial charge in [-0.3, -0.25) is 9.59 Å². The number of pyridine rings is 2. The number of halogens is 1. The maximum absolute atomic E-state index is 12.5. The fourth-order valence-corrected chi connectivity index (χ4v) is 3.19. The van der Waals surface area contributed by atoms with Crippen molar-refractivity contribution in [3.63, 3.8) is 0 Å². The van der Waals surface area contributed by atoms with Crippen LogP contribution in [0.2, 0.25) is 5.02 Å². The predicted octanol–water partition coefficient (Wildman–Crippen LogP) is 3.31. The molecule has 0 atom stereocenters. The molecule has 142 valence electrons. The smallest absolute Gasteiger partial charge is 0.258 e. The van der Waals surface area contributed by atoms with Crippen LogP contribution in [0, 0.1) is 0 Å². The van der Waals surface area contributed by atoms with E-state index < -0.39 is 0 Å². The fourth-order valence-electron chi connectivity index (χ4n) is 2.98. The molecule has 0 unspecified atom stereocenters. The Bertz CT molecular complexity index is 1060. The van der Waals surface area contributed by atoms with Crippen LogP contribution in [0.1, 0.15) is 27.5 Å². The van der Waals surface area contributed by atoms with Crippen LogP contribution in [0.25, 0.3) is 0 Å². The molecule has 1 aliphatic heterocycles. The first kappa shape index (κ1) is 18.4. The number of carbonyl (C=O) groups excluding carboxylic acids is 1. The van der Waals surface area contributed by atoms with Gasteiger partial charge in [-0.1, -0.05) is 29.8 Å². The highest BCUT2D eigenvalue weighted by Crippen LogP contribution is 2.17. The van der Waals surface area contributed by atoms with Gasteiger partial charge in [-0.05, 0) is 41.8 Å². The first-order valence-electron chi connectivity index (χ1n) is 8.89. The van der Waals surface area contributed by atoms with Gasteiger partial charge < -0.3 is 14.6 Å². The van der Waals surface area contributed by atoms with Gasteiger partial charge in [0.05, 0.1) is 24.8 Å². The van der Waals surface area contributed by atoms with Crippen LogP contribution >= 0.6 is 11.6 Å². The Morgan fingerprint density at radius 3 is 2.71 bits per heavy atom. The van der Waals surface area contributed by atoms with Crippen molar-refractivity contribution in [1.29, 1.82) is 0 Å². The van der Waals surface area contributed by atoms with E-state index in [-0.39, 0.29) is 17.5 Å². The van der Waals surface area contributed by atoms with Crippen molar-refractivity contribution in [2.45, 2.75) is 12.5 Å². The summed E-state index contributed by atoms with van der Waals surface area (Å²) in [6.45, 7) is 0.973. The van der Waals surface area contributed by atoms with Crippen LogP contribution in [0.4, 0.5) is 5.82 Å². The van der Waals surface area contributed by atoms with Crippen LogP contribution in [-0.2, 0) is 11.2 Å². The highest BCUT2D eigenvalue weighted by Gasteiger charge is 2.22. The number of benzene rings is 1. The van der Waals surface area contributed by atoms with Gasteiger partial charge >= 0.3 is 0 Å². The van der Waals surface area contributed by atoms with Crippen LogP contribution < -0.4 is 10.9 Å². The summed E-state index contributed by atoms with van der Waals surface area (Å²) in [6, 6.07) is 14.2. The second-order valence-corrected chi connectivity index (χ2v) is 7.10. The van der Waals surface area contributed by atoms with E-state index in [4.69, 9.17) is 16.3 Å². The third-order valence-electron chi connectivity index (χ3n) is 4.58. The average molecular weight is 396 g/mol. The molecule has 1 saturated heterocycles. The zero-order valence-electron chi connectivity index (χ0n) is 15.0. The maximum Gasteiger partial charge on any atom is 0.258 e. The molecule has 2 aromatic heterocycles. The lowest BCUT2D eigenvalue weighted by molar-refractivity contribution is -0.0248. The predicted molar refractivity (Wildman–Crippen MR) is 107 cm³/mol. The second kappa shape index (κ2) is 7.96. The highest BCUT2D eigenvalue weighted by molar-refractivity contribution is 6.30. The standard InChI is InChI=1S/C21H18ClN3O3/c22-17-3-1-2-14(9-17)8-15-4-6-19(23-10-15)24-21(27)16-5-7-20(26)25(11-16)18-12-28-13-18/h1-7,9-11,18H,8,12-13H2,(H,23,24,27). The molecule has 0 spiro atoms. The van der Waals surface area contributed by atoms with Crippen molar-refractivity contribution in [2.75, 3.05) is 18.5 Å². The summed E-state index contributed by atoms with van der Waals surface area (Å²) in [5.41, 5.74) is 2.36. The number of carbonyl (C=O) groups is 1. The molecule has 4 rings (SSSR count). The molecule has 1 fully saturated rings. The minimum absolute atomic E-state index is 0.0100. The number of amides is 1. The van der Waals surface area contributed by atoms with Gasteiger partial charge in [0.15, 0.2) is 0 Å². The van der Waals surface area contributed by atoms with Crippen molar-refractivity contribution in [3.05, 3.63) is 93.0 Å². The summed E-state index contributed by atoms with van der Waals surface area (Å²) in [6.07, 6.45) is 4.00. The van der Waals surface area contributed by atoms with Crippen molar-refractivity contribution in [1.82, 2.24) is 9.55 Å². The van der Waals surface area contributed by atoms with E-state index in [1.54, 1.807) is 23.0 Å². The number of hydrogen-bond acceptors (Lipinski definition) is 4. The minimum Gasteiger partial charge on any atom is -0.377 e. The lowest BCUT2D eigenvalue weighted by atomic mass is 10.1. The summed E-state index contributed by atoms with van der Waals surface area (Å²) in [7, 11) is 0. The quantitative estimate of drug-likeness (QED) is 0.719. The third-order valence-corrected chi connectivity index (χ3v) is 4.81. The van der Waals surface area contributed by atoms with E-state index in [1.165, 1.54) is 12.1 Å². The second-order valence-electron chi connectivity index (χ2n) is 6.67. The normalized spacial score (nSPS) is 13.8. The van der Waals surface area contributed by atoms with Gasteiger partial charge in [0, 0.05) is 23.5 Å². The maximum atomic E-state index is 12.5. The molecule has 0 bridgehead atoms. The number of ether oxygens (including phenoxy) is 1. The molecule has 1 amide bonds. The molecule has 1 N–H and O–H groups in total. The summed E-state index contributed by atoms with van der Waals surface area (Å²) in [5.74, 6) is 0.133. The molecule has 6 nitrogen and oxygen atoms in total. The number of nitrogens with one attached hydrogen (secondary N) is 1. The van der Waals surface area contributed by atoms with Gasteiger partial charge in [0.2, 0.25) is 0 Å². The van der Waals surface area contributed by atoms with Gasteiger partial charge in [-0.15, -0.1) is 0 Å². The number of rotatable bonds is 5. The van der Waals surface area contributed by atoms with E-state index in [0.29, 0.717) is 36.0 Å². The molecule has 3 aromatic rings. The molecule has 3 heterocycles. The van der Waals surface area contributed by atoms with Crippen molar-refractivity contribution >= 4 is 23.3 Å². The Labute approximate surface area is 166 Å². The van der Waals surface area contributed by atoms with Crippen molar-refractivity contribution < 1.29 is 9.53 Å². The van der Waals surface area contributed by atoms with Crippen molar-refractivity contribution in [2.24, 2.45) is 0 Å². The number of nitrogens with zero attached hydrogens (tertiary/aromatic N) is 2. The fraction of sp³-hybridized carbons (Fsp3) is 0.190. The van der Waals surface area contributed by atoms with E-state index in [2.05, 4.69) is 10.3 Å². The largest absolute Gasteiger partial charge is 0.377 e.